The topological polar surface area (TPSA) is 90.8 Å². The van der Waals surface area contributed by atoms with E-state index in [1.165, 1.54) is 30.5 Å². The van der Waals surface area contributed by atoms with Crippen LogP contribution in [-0.4, -0.2) is 23.1 Å². The van der Waals surface area contributed by atoms with E-state index in [-0.39, 0.29) is 16.5 Å². The number of halogens is 2. The summed E-state index contributed by atoms with van der Waals surface area (Å²) in [5.41, 5.74) is 2.84. The number of hydrogen-bond donors (Lipinski definition) is 3. The second-order valence-corrected chi connectivity index (χ2v) is 4.78. The van der Waals surface area contributed by atoms with Crippen molar-refractivity contribution in [3.8, 4) is 5.75 Å². The molecular formula is C15H11ClFN3O3. The minimum Gasteiger partial charge on any atom is -0.508 e. The van der Waals surface area contributed by atoms with Crippen molar-refractivity contribution >= 4 is 35.3 Å². The van der Waals surface area contributed by atoms with Gasteiger partial charge >= 0.3 is 11.8 Å². The molecule has 0 aromatic heterocycles. The van der Waals surface area contributed by atoms with E-state index in [0.29, 0.717) is 5.56 Å². The number of rotatable bonds is 3. The quantitative estimate of drug-likeness (QED) is 0.456. The third-order valence-electron chi connectivity index (χ3n) is 2.66. The van der Waals surface area contributed by atoms with Gasteiger partial charge in [-0.25, -0.2) is 9.82 Å². The van der Waals surface area contributed by atoms with Crippen molar-refractivity contribution in [2.24, 2.45) is 5.10 Å². The summed E-state index contributed by atoms with van der Waals surface area (Å²) in [7, 11) is 0. The maximum Gasteiger partial charge on any atom is 0.329 e. The first-order valence-corrected chi connectivity index (χ1v) is 6.72. The zero-order chi connectivity index (χ0) is 16.8. The number of carbonyl (C=O) groups excluding carboxylic acids is 2. The molecule has 6 nitrogen and oxygen atoms in total. The minimum absolute atomic E-state index is 0.100. The molecule has 0 aliphatic heterocycles. The minimum atomic E-state index is -1.000. The van der Waals surface area contributed by atoms with Crippen LogP contribution in [-0.2, 0) is 9.59 Å². The number of hydrazone groups is 1. The number of nitrogens with zero attached hydrogens (tertiary/aromatic N) is 1. The summed E-state index contributed by atoms with van der Waals surface area (Å²) in [5.74, 6) is -2.51. The van der Waals surface area contributed by atoms with Crippen molar-refractivity contribution < 1.29 is 19.1 Å². The molecular weight excluding hydrogens is 325 g/mol. The molecule has 8 heteroatoms. The number of phenolic OH excluding ortho intramolecular Hbond substituents is 1. The van der Waals surface area contributed by atoms with Gasteiger partial charge in [0.15, 0.2) is 0 Å². The van der Waals surface area contributed by atoms with Crippen LogP contribution >= 0.6 is 11.6 Å². The Bertz CT molecular complexity index is 763. The second kappa shape index (κ2) is 7.37. The van der Waals surface area contributed by atoms with Gasteiger partial charge in [-0.15, -0.1) is 0 Å². The summed E-state index contributed by atoms with van der Waals surface area (Å²) in [6, 6.07) is 9.58. The van der Waals surface area contributed by atoms with E-state index >= 15 is 0 Å². The lowest BCUT2D eigenvalue weighted by atomic mass is 10.2. The average molecular weight is 336 g/mol. The average Bonchev–Trinajstić information content (AvgIpc) is 2.52. The summed E-state index contributed by atoms with van der Waals surface area (Å²) in [4.78, 5) is 23.2. The summed E-state index contributed by atoms with van der Waals surface area (Å²) in [6.45, 7) is 0. The Morgan fingerprint density at radius 1 is 1.13 bits per heavy atom. The fourth-order valence-corrected chi connectivity index (χ4v) is 1.72. The lowest BCUT2D eigenvalue weighted by molar-refractivity contribution is -0.136. The highest BCUT2D eigenvalue weighted by Crippen LogP contribution is 2.19. The maximum absolute atomic E-state index is 13.0. The van der Waals surface area contributed by atoms with Crippen LogP contribution in [0.1, 0.15) is 5.56 Å². The van der Waals surface area contributed by atoms with E-state index in [1.807, 2.05) is 5.43 Å². The number of hydrogen-bond acceptors (Lipinski definition) is 4. The van der Waals surface area contributed by atoms with Crippen LogP contribution in [0.5, 0.6) is 5.75 Å². The van der Waals surface area contributed by atoms with Crippen molar-refractivity contribution in [1.82, 2.24) is 5.43 Å². The number of anilines is 1. The molecule has 0 atom stereocenters. The molecule has 0 saturated carbocycles. The molecule has 118 valence electrons. The highest BCUT2D eigenvalue weighted by Gasteiger charge is 2.13. The maximum atomic E-state index is 13.0. The standard InChI is InChI=1S/C15H11ClFN3O3/c16-12-7-10(3-6-13(12)17)19-14(22)15(23)20-18-8-9-1-4-11(21)5-2-9/h1-8,21H,(H,19,22)(H,20,23)/b18-8+. The van der Waals surface area contributed by atoms with Gasteiger partial charge in [-0.3, -0.25) is 9.59 Å². The lowest BCUT2D eigenvalue weighted by Gasteiger charge is -2.04. The summed E-state index contributed by atoms with van der Waals surface area (Å²) in [5, 5.41) is 14.8. The molecule has 23 heavy (non-hydrogen) atoms. The van der Waals surface area contributed by atoms with Gasteiger partial charge in [0.2, 0.25) is 0 Å². The van der Waals surface area contributed by atoms with Gasteiger partial charge in [0.25, 0.3) is 0 Å². The van der Waals surface area contributed by atoms with Crippen molar-refractivity contribution in [3.63, 3.8) is 0 Å². The predicted octanol–water partition coefficient (Wildman–Crippen LogP) is 2.27. The SMILES string of the molecule is O=C(N/N=C/c1ccc(O)cc1)C(=O)Nc1ccc(F)c(Cl)c1. The summed E-state index contributed by atoms with van der Waals surface area (Å²) in [6.07, 6.45) is 1.30. The first-order valence-electron chi connectivity index (χ1n) is 6.34. The van der Waals surface area contributed by atoms with Crippen LogP contribution in [0.15, 0.2) is 47.6 Å². The first kappa shape index (κ1) is 16.4. The van der Waals surface area contributed by atoms with Crippen molar-refractivity contribution in [3.05, 3.63) is 58.9 Å². The summed E-state index contributed by atoms with van der Waals surface area (Å²) >= 11 is 5.57. The number of aromatic hydroxyl groups is 1. The number of carbonyl (C=O) groups is 2. The Morgan fingerprint density at radius 3 is 2.48 bits per heavy atom. The van der Waals surface area contributed by atoms with Gasteiger partial charge in [0.05, 0.1) is 11.2 Å². The van der Waals surface area contributed by atoms with Gasteiger partial charge < -0.3 is 10.4 Å². The smallest absolute Gasteiger partial charge is 0.329 e. The van der Waals surface area contributed by atoms with Crippen LogP contribution in [0, 0.1) is 5.82 Å². The number of nitrogens with one attached hydrogen (secondary N) is 2. The molecule has 0 radical (unpaired) electrons. The molecule has 0 spiro atoms. The number of amides is 2. The van der Waals surface area contributed by atoms with Gasteiger partial charge in [0, 0.05) is 5.69 Å². The molecule has 0 unspecified atom stereocenters. The van der Waals surface area contributed by atoms with Crippen molar-refractivity contribution in [2.75, 3.05) is 5.32 Å². The number of benzene rings is 2. The second-order valence-electron chi connectivity index (χ2n) is 4.37. The molecule has 0 saturated heterocycles. The van der Waals surface area contributed by atoms with E-state index in [0.717, 1.165) is 6.07 Å². The molecule has 2 aromatic rings. The van der Waals surface area contributed by atoms with Gasteiger partial charge in [-0.05, 0) is 48.0 Å². The highest BCUT2D eigenvalue weighted by atomic mass is 35.5. The number of phenols is 1. The Morgan fingerprint density at radius 2 is 1.83 bits per heavy atom. The third kappa shape index (κ3) is 4.79. The van der Waals surface area contributed by atoms with E-state index < -0.39 is 17.6 Å². The van der Waals surface area contributed by atoms with E-state index in [2.05, 4.69) is 10.4 Å². The van der Waals surface area contributed by atoms with E-state index in [9.17, 15) is 14.0 Å². The molecule has 0 heterocycles. The zero-order valence-electron chi connectivity index (χ0n) is 11.6. The van der Waals surface area contributed by atoms with Crippen LogP contribution in [0.4, 0.5) is 10.1 Å². The van der Waals surface area contributed by atoms with Crippen LogP contribution in [0.2, 0.25) is 5.02 Å². The van der Waals surface area contributed by atoms with Gasteiger partial charge in [-0.1, -0.05) is 11.6 Å². The monoisotopic (exact) mass is 335 g/mol. The molecule has 2 rings (SSSR count). The Balaban J connectivity index is 1.90. The first-order chi connectivity index (χ1) is 11.0. The molecule has 0 aliphatic rings. The van der Waals surface area contributed by atoms with Crippen LogP contribution < -0.4 is 10.7 Å². The molecule has 3 N–H and O–H groups in total. The predicted molar refractivity (Wildman–Crippen MR) is 83.9 cm³/mol. The summed E-state index contributed by atoms with van der Waals surface area (Å²) < 4.78 is 13.0. The van der Waals surface area contributed by atoms with Crippen LogP contribution in [0.3, 0.4) is 0 Å². The largest absolute Gasteiger partial charge is 0.508 e. The van der Waals surface area contributed by atoms with Gasteiger partial charge in [0.1, 0.15) is 11.6 Å². The van der Waals surface area contributed by atoms with E-state index in [1.54, 1.807) is 12.1 Å². The lowest BCUT2D eigenvalue weighted by Crippen LogP contribution is -2.32. The normalized spacial score (nSPS) is 10.5. The zero-order valence-corrected chi connectivity index (χ0v) is 12.3. The van der Waals surface area contributed by atoms with Crippen molar-refractivity contribution in [1.29, 1.82) is 0 Å². The molecule has 0 aliphatic carbocycles. The Hall–Kier alpha value is -2.93. The van der Waals surface area contributed by atoms with Crippen molar-refractivity contribution in [2.45, 2.75) is 0 Å². The third-order valence-corrected chi connectivity index (χ3v) is 2.95. The molecule has 0 bridgehead atoms. The fraction of sp³-hybridized carbons (Fsp3) is 0. The van der Waals surface area contributed by atoms with Gasteiger partial charge in [-0.2, -0.15) is 5.10 Å². The molecule has 2 aromatic carbocycles. The highest BCUT2D eigenvalue weighted by molar-refractivity contribution is 6.39. The fourth-order valence-electron chi connectivity index (χ4n) is 1.54. The Labute approximate surface area is 135 Å². The Kier molecular flexibility index (Phi) is 5.27. The van der Waals surface area contributed by atoms with E-state index in [4.69, 9.17) is 16.7 Å². The molecule has 0 fully saturated rings. The molecule has 2 amide bonds. The van der Waals surface area contributed by atoms with Crippen LogP contribution in [0.25, 0.3) is 0 Å².